The molecule has 5 heteroatoms. The van der Waals surface area contributed by atoms with Gasteiger partial charge in [0.15, 0.2) is 0 Å². The number of rotatable bonds is 8. The van der Waals surface area contributed by atoms with Gasteiger partial charge in [-0.15, -0.1) is 0 Å². The summed E-state index contributed by atoms with van der Waals surface area (Å²) in [4.78, 5) is 12.8. The molecule has 0 aromatic heterocycles. The quantitative estimate of drug-likeness (QED) is 0.618. The van der Waals surface area contributed by atoms with E-state index >= 15 is 0 Å². The van der Waals surface area contributed by atoms with Gasteiger partial charge in [0.05, 0.1) is 5.54 Å². The molecule has 0 spiro atoms. The summed E-state index contributed by atoms with van der Waals surface area (Å²) in [5.41, 5.74) is 1.54. The molecule has 3 nitrogen and oxygen atoms in total. The lowest BCUT2D eigenvalue weighted by Crippen LogP contribution is -2.56. The summed E-state index contributed by atoms with van der Waals surface area (Å²) in [6.45, 7) is 0.584. The first-order valence-corrected chi connectivity index (χ1v) is 10.5. The Balaban J connectivity index is 1.62. The Morgan fingerprint density at radius 2 is 1.45 bits per heavy atom. The zero-order valence-electron chi connectivity index (χ0n) is 17.0. The Kier molecular flexibility index (Phi) is 7.37. The number of hydrogen-bond acceptors (Lipinski definition) is 2. The molecule has 29 heavy (non-hydrogen) atoms. The van der Waals surface area contributed by atoms with Gasteiger partial charge in [-0.1, -0.05) is 43.5 Å². The molecule has 0 unspecified atom stereocenters. The Morgan fingerprint density at radius 1 is 0.931 bits per heavy atom. The first kappa shape index (κ1) is 21.4. The van der Waals surface area contributed by atoms with E-state index in [1.807, 2.05) is 7.05 Å². The summed E-state index contributed by atoms with van der Waals surface area (Å²) in [7, 11) is 1.87. The van der Waals surface area contributed by atoms with Crippen LogP contribution in [-0.2, 0) is 4.79 Å². The summed E-state index contributed by atoms with van der Waals surface area (Å²) >= 11 is 0. The third-order valence-corrected chi connectivity index (χ3v) is 6.12. The highest BCUT2D eigenvalue weighted by Crippen LogP contribution is 2.30. The van der Waals surface area contributed by atoms with Crippen molar-refractivity contribution in [2.45, 2.75) is 56.4 Å². The van der Waals surface area contributed by atoms with Crippen LogP contribution in [-0.4, -0.2) is 25.0 Å². The summed E-state index contributed by atoms with van der Waals surface area (Å²) in [6, 6.07) is 12.9. The minimum Gasteiger partial charge on any atom is -0.354 e. The van der Waals surface area contributed by atoms with E-state index in [-0.39, 0.29) is 23.5 Å². The van der Waals surface area contributed by atoms with Gasteiger partial charge in [0.1, 0.15) is 11.6 Å². The number of benzene rings is 2. The minimum absolute atomic E-state index is 0.0287. The zero-order valence-corrected chi connectivity index (χ0v) is 17.0. The van der Waals surface area contributed by atoms with Crippen molar-refractivity contribution < 1.29 is 13.6 Å². The third kappa shape index (κ3) is 5.41. The first-order valence-electron chi connectivity index (χ1n) is 10.5. The van der Waals surface area contributed by atoms with Gasteiger partial charge in [0, 0.05) is 12.5 Å². The average molecular weight is 401 g/mol. The van der Waals surface area contributed by atoms with Gasteiger partial charge in [-0.05, 0) is 68.1 Å². The van der Waals surface area contributed by atoms with Crippen LogP contribution in [0.15, 0.2) is 48.5 Å². The lowest BCUT2D eigenvalue weighted by Gasteiger charge is -2.35. The summed E-state index contributed by atoms with van der Waals surface area (Å²) in [5, 5.41) is 6.35. The first-order chi connectivity index (χ1) is 14.0. The maximum atomic E-state index is 13.3. The van der Waals surface area contributed by atoms with Gasteiger partial charge in [0.2, 0.25) is 5.91 Å². The van der Waals surface area contributed by atoms with Gasteiger partial charge < -0.3 is 10.6 Å². The smallest absolute Gasteiger partial charge is 0.240 e. The van der Waals surface area contributed by atoms with Crippen LogP contribution in [0.3, 0.4) is 0 Å². The Hall–Kier alpha value is -2.27. The fraction of sp³-hybridized carbons (Fsp3) is 0.458. The van der Waals surface area contributed by atoms with E-state index in [0.717, 1.165) is 49.7 Å². The molecule has 1 aliphatic rings. The fourth-order valence-corrected chi connectivity index (χ4v) is 4.34. The number of halogens is 2. The van der Waals surface area contributed by atoms with Crippen LogP contribution in [0.25, 0.3) is 0 Å². The maximum absolute atomic E-state index is 13.3. The van der Waals surface area contributed by atoms with Crippen LogP contribution in [0.1, 0.15) is 62.0 Å². The van der Waals surface area contributed by atoms with Gasteiger partial charge in [-0.25, -0.2) is 8.78 Å². The standard InChI is InChI=1S/C24H30F2N2O/c1-27-24(15-3-2-4-16-24)23(29)28-17-5-6-22(18-7-11-20(25)12-8-18)19-9-13-21(26)14-10-19/h7-14,22,27H,2-6,15-17H2,1H3,(H,28,29). The van der Waals surface area contributed by atoms with E-state index in [4.69, 9.17) is 0 Å². The van der Waals surface area contributed by atoms with Crippen molar-refractivity contribution in [3.05, 3.63) is 71.3 Å². The molecular weight excluding hydrogens is 370 g/mol. The maximum Gasteiger partial charge on any atom is 0.240 e. The monoisotopic (exact) mass is 400 g/mol. The molecule has 2 aromatic rings. The van der Waals surface area contributed by atoms with Crippen LogP contribution < -0.4 is 10.6 Å². The molecule has 0 saturated heterocycles. The van der Waals surface area contributed by atoms with Crippen molar-refractivity contribution in [2.24, 2.45) is 0 Å². The molecule has 1 aliphatic carbocycles. The zero-order chi connectivity index (χ0) is 20.7. The summed E-state index contributed by atoms with van der Waals surface area (Å²) in [5.74, 6) is -0.437. The summed E-state index contributed by atoms with van der Waals surface area (Å²) < 4.78 is 26.7. The van der Waals surface area contributed by atoms with Crippen molar-refractivity contribution in [1.82, 2.24) is 10.6 Å². The molecule has 2 N–H and O–H groups in total. The molecule has 2 aromatic carbocycles. The van der Waals surface area contributed by atoms with Crippen molar-refractivity contribution in [3.63, 3.8) is 0 Å². The topological polar surface area (TPSA) is 41.1 Å². The van der Waals surface area contributed by atoms with Crippen molar-refractivity contribution in [1.29, 1.82) is 0 Å². The van der Waals surface area contributed by atoms with Gasteiger partial charge in [-0.2, -0.15) is 0 Å². The van der Waals surface area contributed by atoms with Crippen LogP contribution in [0, 0.1) is 11.6 Å². The molecule has 1 amide bonds. The SMILES string of the molecule is CNC1(C(=O)NCCCC(c2ccc(F)cc2)c2ccc(F)cc2)CCCCC1. The number of hydrogen-bond donors (Lipinski definition) is 2. The van der Waals surface area contributed by atoms with Crippen LogP contribution in [0.2, 0.25) is 0 Å². The summed E-state index contributed by atoms with van der Waals surface area (Å²) in [6.07, 6.45) is 6.66. The third-order valence-electron chi connectivity index (χ3n) is 6.12. The highest BCUT2D eigenvalue weighted by molar-refractivity contribution is 5.86. The fourth-order valence-electron chi connectivity index (χ4n) is 4.34. The number of likely N-dealkylation sites (N-methyl/N-ethyl adjacent to an activating group) is 1. The lowest BCUT2D eigenvalue weighted by molar-refractivity contribution is -0.128. The molecule has 156 valence electrons. The molecule has 0 bridgehead atoms. The largest absolute Gasteiger partial charge is 0.354 e. The van der Waals surface area contributed by atoms with Crippen LogP contribution in [0.4, 0.5) is 8.78 Å². The van der Waals surface area contributed by atoms with Crippen molar-refractivity contribution >= 4 is 5.91 Å². The van der Waals surface area contributed by atoms with Gasteiger partial charge >= 0.3 is 0 Å². The highest BCUT2D eigenvalue weighted by Gasteiger charge is 2.37. The minimum atomic E-state index is -0.439. The number of carbonyl (C=O) groups excluding carboxylic acids is 1. The molecule has 0 heterocycles. The highest BCUT2D eigenvalue weighted by atomic mass is 19.1. The second-order valence-electron chi connectivity index (χ2n) is 7.95. The Labute approximate surface area is 171 Å². The molecule has 0 atom stereocenters. The molecule has 1 saturated carbocycles. The Bertz CT molecular complexity index is 738. The number of nitrogens with one attached hydrogen (secondary N) is 2. The van der Waals surface area contributed by atoms with Crippen LogP contribution >= 0.6 is 0 Å². The molecular formula is C24H30F2N2O. The molecule has 1 fully saturated rings. The van der Waals surface area contributed by atoms with Gasteiger partial charge in [-0.3, -0.25) is 4.79 Å². The van der Waals surface area contributed by atoms with E-state index in [9.17, 15) is 13.6 Å². The average Bonchev–Trinajstić information content (AvgIpc) is 2.76. The number of carbonyl (C=O) groups is 1. The number of amides is 1. The van der Waals surface area contributed by atoms with Crippen molar-refractivity contribution in [3.8, 4) is 0 Å². The molecule has 0 radical (unpaired) electrons. The van der Waals surface area contributed by atoms with Gasteiger partial charge in [0.25, 0.3) is 0 Å². The Morgan fingerprint density at radius 3 is 1.93 bits per heavy atom. The van der Waals surface area contributed by atoms with Crippen molar-refractivity contribution in [2.75, 3.05) is 13.6 Å². The molecule has 0 aliphatic heterocycles. The predicted octanol–water partition coefficient (Wildman–Crippen LogP) is 4.92. The second-order valence-corrected chi connectivity index (χ2v) is 7.95. The predicted molar refractivity (Wildman–Crippen MR) is 112 cm³/mol. The van der Waals surface area contributed by atoms with Crippen LogP contribution in [0.5, 0.6) is 0 Å². The van der Waals surface area contributed by atoms with E-state index < -0.39 is 5.54 Å². The normalized spacial score (nSPS) is 16.0. The second kappa shape index (κ2) is 9.97. The lowest BCUT2D eigenvalue weighted by atomic mass is 9.81. The van der Waals surface area contributed by atoms with E-state index in [1.165, 1.54) is 30.7 Å². The van der Waals surface area contributed by atoms with E-state index in [0.29, 0.717) is 6.54 Å². The van der Waals surface area contributed by atoms with E-state index in [1.54, 1.807) is 24.3 Å². The van der Waals surface area contributed by atoms with E-state index in [2.05, 4.69) is 10.6 Å². The molecule has 3 rings (SSSR count).